The van der Waals surface area contributed by atoms with Crippen molar-refractivity contribution in [3.63, 3.8) is 0 Å². The molecule has 5 nitrogen and oxygen atoms in total. The Labute approximate surface area is 186 Å². The predicted octanol–water partition coefficient (Wildman–Crippen LogP) is 3.05. The summed E-state index contributed by atoms with van der Waals surface area (Å²) in [6, 6.07) is 12.9. The van der Waals surface area contributed by atoms with Gasteiger partial charge >= 0.3 is 0 Å². The summed E-state index contributed by atoms with van der Waals surface area (Å²) in [5, 5.41) is 3.66. The minimum absolute atomic E-state index is 0.0619. The molecule has 4 heterocycles. The molecule has 2 aromatic rings. The minimum Gasteiger partial charge on any atom is -0.611 e. The molecule has 164 valence electrons. The fraction of sp³-hybridized carbons (Fsp3) is 0.500. The van der Waals surface area contributed by atoms with Gasteiger partial charge in [0.15, 0.2) is 14.7 Å². The van der Waals surface area contributed by atoms with Gasteiger partial charge in [-0.25, -0.2) is 8.42 Å². The summed E-state index contributed by atoms with van der Waals surface area (Å²) in [6.45, 7) is 0.755. The Balaban J connectivity index is 1.30. The second-order valence-corrected chi connectivity index (χ2v) is 12.9. The van der Waals surface area contributed by atoms with Crippen LogP contribution in [0.3, 0.4) is 0 Å². The van der Waals surface area contributed by atoms with E-state index >= 15 is 0 Å². The Kier molecular flexibility index (Phi) is 4.96. The molecule has 4 aliphatic heterocycles. The van der Waals surface area contributed by atoms with Gasteiger partial charge in [0.05, 0.1) is 23.4 Å². The van der Waals surface area contributed by atoms with Gasteiger partial charge in [0, 0.05) is 23.6 Å². The van der Waals surface area contributed by atoms with Gasteiger partial charge in [0.25, 0.3) is 0 Å². The monoisotopic (exact) mass is 457 g/mol. The third kappa shape index (κ3) is 3.55. The number of sulfone groups is 1. The number of morpholine rings is 1. The van der Waals surface area contributed by atoms with E-state index < -0.39 is 21.0 Å². The number of nitrogens with one attached hydrogen (secondary N) is 1. The van der Waals surface area contributed by atoms with Gasteiger partial charge < -0.3 is 14.6 Å². The first-order chi connectivity index (χ1) is 15.0. The van der Waals surface area contributed by atoms with Crippen molar-refractivity contribution in [1.82, 2.24) is 5.32 Å². The van der Waals surface area contributed by atoms with Crippen LogP contribution in [-0.4, -0.2) is 43.2 Å². The standard InChI is InChI=1S/C24H27NO4S2/c26-30-14-19(15-4-8-23-16(10-15)2-1-9-31(23,27)28)12-18-11-17(3-7-22(18)30)24-21-6-5-20(25-21)13-29-24/h3-4,7-8,10-11,19-21,24-25H,1-2,5-6,9,12-14H2. The summed E-state index contributed by atoms with van der Waals surface area (Å²) in [4.78, 5) is 1.42. The maximum atomic E-state index is 13.0. The molecule has 0 radical (unpaired) electrons. The molecule has 2 bridgehead atoms. The van der Waals surface area contributed by atoms with E-state index in [2.05, 4.69) is 23.5 Å². The molecule has 0 aromatic heterocycles. The van der Waals surface area contributed by atoms with E-state index in [0.717, 1.165) is 47.5 Å². The summed E-state index contributed by atoms with van der Waals surface area (Å²) in [6.07, 6.45) is 4.68. The van der Waals surface area contributed by atoms with E-state index in [0.29, 0.717) is 29.2 Å². The highest BCUT2D eigenvalue weighted by molar-refractivity contribution is 7.91. The minimum atomic E-state index is -3.15. The highest BCUT2D eigenvalue weighted by atomic mass is 32.2. The van der Waals surface area contributed by atoms with Crippen LogP contribution in [0, 0.1) is 0 Å². The molecule has 1 N–H and O–H groups in total. The second kappa shape index (κ2) is 7.59. The van der Waals surface area contributed by atoms with Gasteiger partial charge in [-0.1, -0.05) is 18.2 Å². The second-order valence-electron chi connectivity index (χ2n) is 9.37. The third-order valence-corrected chi connectivity index (χ3v) is 10.8. The molecule has 7 heteroatoms. The van der Waals surface area contributed by atoms with Crippen molar-refractivity contribution in [2.75, 3.05) is 18.1 Å². The topological polar surface area (TPSA) is 78.5 Å². The average molecular weight is 458 g/mol. The smallest absolute Gasteiger partial charge is 0.178 e. The van der Waals surface area contributed by atoms with Crippen LogP contribution in [0.2, 0.25) is 0 Å². The molecular formula is C24H27NO4S2. The van der Waals surface area contributed by atoms with Gasteiger partial charge in [-0.15, -0.1) is 0 Å². The van der Waals surface area contributed by atoms with Crippen LogP contribution in [0.1, 0.15) is 53.5 Å². The first kappa shape index (κ1) is 20.2. The van der Waals surface area contributed by atoms with Gasteiger partial charge in [0.1, 0.15) is 5.75 Å². The Hall–Kier alpha value is -1.38. The van der Waals surface area contributed by atoms with Crippen LogP contribution in [0.5, 0.6) is 0 Å². The molecule has 5 unspecified atom stereocenters. The zero-order valence-corrected chi connectivity index (χ0v) is 19.0. The highest BCUT2D eigenvalue weighted by Crippen LogP contribution is 2.39. The summed E-state index contributed by atoms with van der Waals surface area (Å²) < 4.78 is 43.9. The predicted molar refractivity (Wildman–Crippen MR) is 120 cm³/mol. The maximum Gasteiger partial charge on any atom is 0.178 e. The van der Waals surface area contributed by atoms with Crippen molar-refractivity contribution in [1.29, 1.82) is 0 Å². The fourth-order valence-electron chi connectivity index (χ4n) is 5.77. The van der Waals surface area contributed by atoms with Crippen molar-refractivity contribution in [3.05, 3.63) is 58.7 Å². The van der Waals surface area contributed by atoms with Gasteiger partial charge in [-0.3, -0.25) is 0 Å². The number of hydrogen-bond acceptors (Lipinski definition) is 5. The van der Waals surface area contributed by atoms with Crippen molar-refractivity contribution < 1.29 is 17.7 Å². The first-order valence-corrected chi connectivity index (χ1v) is 14.2. The van der Waals surface area contributed by atoms with Crippen LogP contribution in [0.4, 0.5) is 0 Å². The summed E-state index contributed by atoms with van der Waals surface area (Å²) in [7, 11) is -3.15. The molecular weight excluding hydrogens is 430 g/mol. The Morgan fingerprint density at radius 3 is 2.81 bits per heavy atom. The van der Waals surface area contributed by atoms with E-state index in [1.807, 2.05) is 12.1 Å². The van der Waals surface area contributed by atoms with Crippen molar-refractivity contribution in [3.8, 4) is 0 Å². The number of ether oxygens (including phenoxy) is 1. The third-order valence-electron chi connectivity index (χ3n) is 7.35. The Morgan fingerprint density at radius 2 is 1.90 bits per heavy atom. The zero-order valence-electron chi connectivity index (χ0n) is 17.4. The van der Waals surface area contributed by atoms with Crippen LogP contribution in [0.15, 0.2) is 46.2 Å². The lowest BCUT2D eigenvalue weighted by molar-refractivity contribution is -0.00619. The van der Waals surface area contributed by atoms with Gasteiger partial charge in [-0.2, -0.15) is 0 Å². The molecule has 2 saturated heterocycles. The molecule has 6 rings (SSSR count). The molecule has 0 amide bonds. The van der Waals surface area contributed by atoms with E-state index in [9.17, 15) is 13.0 Å². The quantitative estimate of drug-likeness (QED) is 0.702. The zero-order chi connectivity index (χ0) is 21.2. The number of benzene rings is 2. The lowest BCUT2D eigenvalue weighted by atomic mass is 9.89. The number of aryl methyl sites for hydroxylation is 1. The van der Waals surface area contributed by atoms with E-state index in [1.54, 1.807) is 6.07 Å². The SMILES string of the molecule is O=S1(=O)CCCc2cc(C3Cc4cc(C5OCC6CCC5N6)ccc4[S+]([O-])C3)ccc21. The molecule has 2 aromatic carbocycles. The molecule has 0 aliphatic carbocycles. The Morgan fingerprint density at radius 1 is 1.06 bits per heavy atom. The lowest BCUT2D eigenvalue weighted by Crippen LogP contribution is -2.43. The molecule has 31 heavy (non-hydrogen) atoms. The van der Waals surface area contributed by atoms with Crippen LogP contribution >= 0.6 is 0 Å². The normalized spacial score (nSPS) is 33.5. The molecule has 5 atom stereocenters. The Bertz CT molecular complexity index is 1130. The first-order valence-electron chi connectivity index (χ1n) is 11.2. The maximum absolute atomic E-state index is 13.0. The molecule has 4 aliphatic rings. The van der Waals surface area contributed by atoms with E-state index in [4.69, 9.17) is 4.74 Å². The molecule has 2 fully saturated rings. The van der Waals surface area contributed by atoms with E-state index in [1.165, 1.54) is 12.0 Å². The van der Waals surface area contributed by atoms with Crippen molar-refractivity contribution >= 4 is 21.0 Å². The summed E-state index contributed by atoms with van der Waals surface area (Å²) in [5.41, 5.74) is 4.34. The van der Waals surface area contributed by atoms with Crippen molar-refractivity contribution in [2.24, 2.45) is 0 Å². The summed E-state index contributed by atoms with van der Waals surface area (Å²) in [5.74, 6) is 0.965. The lowest BCUT2D eigenvalue weighted by Gasteiger charge is -2.32. The number of hydrogen-bond donors (Lipinski definition) is 1. The molecule has 0 spiro atoms. The van der Waals surface area contributed by atoms with E-state index in [-0.39, 0.29) is 17.8 Å². The fourth-order valence-corrected chi connectivity index (χ4v) is 8.86. The van der Waals surface area contributed by atoms with Crippen LogP contribution < -0.4 is 5.32 Å². The van der Waals surface area contributed by atoms with Crippen molar-refractivity contribution in [2.45, 2.75) is 66.0 Å². The average Bonchev–Trinajstić information content (AvgIpc) is 3.13. The van der Waals surface area contributed by atoms with Crippen LogP contribution in [-0.2, 0) is 38.6 Å². The highest BCUT2D eigenvalue weighted by Gasteiger charge is 2.38. The van der Waals surface area contributed by atoms with Gasteiger partial charge in [0.2, 0.25) is 0 Å². The number of rotatable bonds is 2. The van der Waals surface area contributed by atoms with Gasteiger partial charge in [-0.05, 0) is 78.2 Å². The largest absolute Gasteiger partial charge is 0.611 e. The number of fused-ring (bicyclic) bond motifs is 4. The van der Waals surface area contributed by atoms with Crippen LogP contribution in [0.25, 0.3) is 0 Å². The summed E-state index contributed by atoms with van der Waals surface area (Å²) >= 11 is -1.05. The molecule has 0 saturated carbocycles.